The summed E-state index contributed by atoms with van der Waals surface area (Å²) in [6.07, 6.45) is 6.65. The predicted molar refractivity (Wildman–Crippen MR) is 96.6 cm³/mol. The number of amides is 1. The SMILES string of the molecule is Cc1nn(CC(C)C)c(Cl)c1/C=C/C(=O)NC(C)c1cccnc1. The molecule has 2 aromatic heterocycles. The fraction of sp³-hybridized carbons (Fsp3) is 0.389. The topological polar surface area (TPSA) is 59.8 Å². The molecule has 128 valence electrons. The third-order valence-corrected chi connectivity index (χ3v) is 3.99. The second-order valence-corrected chi connectivity index (χ2v) is 6.57. The van der Waals surface area contributed by atoms with Crippen molar-refractivity contribution >= 4 is 23.6 Å². The smallest absolute Gasteiger partial charge is 0.244 e. The summed E-state index contributed by atoms with van der Waals surface area (Å²) < 4.78 is 1.78. The van der Waals surface area contributed by atoms with Gasteiger partial charge in [-0.3, -0.25) is 14.5 Å². The molecule has 0 saturated carbocycles. The molecule has 2 heterocycles. The van der Waals surface area contributed by atoms with Gasteiger partial charge in [-0.2, -0.15) is 5.10 Å². The first-order chi connectivity index (χ1) is 11.4. The minimum atomic E-state index is -0.182. The fourth-order valence-corrected chi connectivity index (χ4v) is 2.67. The number of halogens is 1. The van der Waals surface area contributed by atoms with Gasteiger partial charge in [0.15, 0.2) is 0 Å². The summed E-state index contributed by atoms with van der Waals surface area (Å²) in [5, 5.41) is 7.90. The Labute approximate surface area is 147 Å². The Morgan fingerprint density at radius 2 is 2.17 bits per heavy atom. The van der Waals surface area contributed by atoms with Crippen LogP contribution < -0.4 is 5.32 Å². The third kappa shape index (κ3) is 4.68. The van der Waals surface area contributed by atoms with Crippen LogP contribution in [0.1, 0.15) is 43.6 Å². The van der Waals surface area contributed by atoms with Gasteiger partial charge in [0.1, 0.15) is 5.15 Å². The number of hydrogen-bond acceptors (Lipinski definition) is 3. The number of rotatable bonds is 6. The number of hydrogen-bond donors (Lipinski definition) is 1. The predicted octanol–water partition coefficient (Wildman–Crippen LogP) is 3.79. The Morgan fingerprint density at radius 1 is 1.42 bits per heavy atom. The van der Waals surface area contributed by atoms with Crippen molar-refractivity contribution in [2.75, 3.05) is 0 Å². The molecule has 1 atom stereocenters. The van der Waals surface area contributed by atoms with Gasteiger partial charge in [0.05, 0.1) is 11.7 Å². The van der Waals surface area contributed by atoms with Crippen LogP contribution in [-0.4, -0.2) is 20.7 Å². The van der Waals surface area contributed by atoms with Crippen molar-refractivity contribution in [3.63, 3.8) is 0 Å². The van der Waals surface area contributed by atoms with Gasteiger partial charge in [-0.05, 0) is 37.5 Å². The highest BCUT2D eigenvalue weighted by atomic mass is 35.5. The van der Waals surface area contributed by atoms with E-state index in [2.05, 4.69) is 29.2 Å². The zero-order chi connectivity index (χ0) is 17.7. The Bertz CT molecular complexity index is 722. The summed E-state index contributed by atoms with van der Waals surface area (Å²) >= 11 is 6.37. The average molecular weight is 347 g/mol. The molecule has 2 rings (SSSR count). The maximum absolute atomic E-state index is 12.1. The van der Waals surface area contributed by atoms with Crippen LogP contribution in [0, 0.1) is 12.8 Å². The molecular weight excluding hydrogens is 324 g/mol. The lowest BCUT2D eigenvalue weighted by atomic mass is 10.1. The molecule has 1 N–H and O–H groups in total. The van der Waals surface area contributed by atoms with E-state index in [0.717, 1.165) is 23.4 Å². The Hall–Kier alpha value is -2.14. The summed E-state index contributed by atoms with van der Waals surface area (Å²) in [5.41, 5.74) is 2.55. The van der Waals surface area contributed by atoms with Crippen LogP contribution in [0.3, 0.4) is 0 Å². The monoisotopic (exact) mass is 346 g/mol. The molecule has 5 nitrogen and oxygen atoms in total. The van der Waals surface area contributed by atoms with Crippen molar-refractivity contribution in [1.29, 1.82) is 0 Å². The number of nitrogens with one attached hydrogen (secondary N) is 1. The minimum Gasteiger partial charge on any atom is -0.346 e. The van der Waals surface area contributed by atoms with Gasteiger partial charge in [-0.15, -0.1) is 0 Å². The van der Waals surface area contributed by atoms with Crippen LogP contribution in [0.25, 0.3) is 6.08 Å². The zero-order valence-electron chi connectivity index (χ0n) is 14.5. The van der Waals surface area contributed by atoms with Crippen LogP contribution >= 0.6 is 11.6 Å². The van der Waals surface area contributed by atoms with Crippen LogP contribution in [0.5, 0.6) is 0 Å². The number of pyridine rings is 1. The van der Waals surface area contributed by atoms with Crippen molar-refractivity contribution in [3.05, 3.63) is 52.6 Å². The second kappa shape index (κ2) is 8.11. The summed E-state index contributed by atoms with van der Waals surface area (Å²) in [6, 6.07) is 3.66. The molecular formula is C18H23ClN4O. The maximum Gasteiger partial charge on any atom is 0.244 e. The molecule has 6 heteroatoms. The first-order valence-electron chi connectivity index (χ1n) is 8.00. The van der Waals surface area contributed by atoms with Crippen LogP contribution in [0.2, 0.25) is 5.15 Å². The Kier molecular flexibility index (Phi) is 6.15. The van der Waals surface area contributed by atoms with Crippen molar-refractivity contribution < 1.29 is 4.79 Å². The van der Waals surface area contributed by atoms with Gasteiger partial charge in [-0.1, -0.05) is 31.5 Å². The quantitative estimate of drug-likeness (QED) is 0.809. The highest BCUT2D eigenvalue weighted by Gasteiger charge is 2.13. The number of carbonyl (C=O) groups excluding carboxylic acids is 1. The first kappa shape index (κ1) is 18.2. The van der Waals surface area contributed by atoms with Gasteiger partial charge < -0.3 is 5.32 Å². The lowest BCUT2D eigenvalue weighted by Gasteiger charge is -2.11. The highest BCUT2D eigenvalue weighted by Crippen LogP contribution is 2.22. The molecule has 0 fully saturated rings. The standard InChI is InChI=1S/C18H23ClN4O/c1-12(2)11-23-18(19)16(14(4)22-23)7-8-17(24)21-13(3)15-6-5-9-20-10-15/h5-10,12-13H,11H2,1-4H3,(H,21,24)/b8-7+. The van der Waals surface area contributed by atoms with E-state index in [0.29, 0.717) is 11.1 Å². The largest absolute Gasteiger partial charge is 0.346 e. The van der Waals surface area contributed by atoms with Crippen molar-refractivity contribution in [2.24, 2.45) is 5.92 Å². The van der Waals surface area contributed by atoms with Crippen molar-refractivity contribution in [3.8, 4) is 0 Å². The zero-order valence-corrected chi connectivity index (χ0v) is 15.2. The molecule has 0 radical (unpaired) electrons. The van der Waals surface area contributed by atoms with E-state index in [1.807, 2.05) is 26.0 Å². The maximum atomic E-state index is 12.1. The van der Waals surface area contributed by atoms with E-state index in [9.17, 15) is 4.79 Å². The lowest BCUT2D eigenvalue weighted by molar-refractivity contribution is -0.117. The van der Waals surface area contributed by atoms with Gasteiger partial charge in [0.25, 0.3) is 0 Å². The molecule has 0 aliphatic carbocycles. The second-order valence-electron chi connectivity index (χ2n) is 6.22. The molecule has 0 spiro atoms. The van der Waals surface area contributed by atoms with Crippen LogP contribution in [0.15, 0.2) is 30.6 Å². The molecule has 24 heavy (non-hydrogen) atoms. The summed E-state index contributed by atoms with van der Waals surface area (Å²) in [6.45, 7) is 8.77. The van der Waals surface area contributed by atoms with Gasteiger partial charge in [0, 0.05) is 30.6 Å². The van der Waals surface area contributed by atoms with E-state index in [-0.39, 0.29) is 11.9 Å². The molecule has 0 aliphatic heterocycles. The number of aryl methyl sites for hydroxylation is 1. The van der Waals surface area contributed by atoms with Crippen LogP contribution in [0.4, 0.5) is 0 Å². The Balaban J connectivity index is 2.05. The molecule has 0 aromatic carbocycles. The molecule has 1 unspecified atom stereocenters. The third-order valence-electron chi connectivity index (χ3n) is 3.59. The molecule has 0 saturated heterocycles. The molecule has 2 aromatic rings. The molecule has 1 amide bonds. The number of aromatic nitrogens is 3. The first-order valence-corrected chi connectivity index (χ1v) is 8.37. The van der Waals surface area contributed by atoms with Crippen LogP contribution in [-0.2, 0) is 11.3 Å². The van der Waals surface area contributed by atoms with Gasteiger partial charge in [-0.25, -0.2) is 0 Å². The summed E-state index contributed by atoms with van der Waals surface area (Å²) in [4.78, 5) is 16.2. The highest BCUT2D eigenvalue weighted by molar-refractivity contribution is 6.31. The van der Waals surface area contributed by atoms with Gasteiger partial charge in [0.2, 0.25) is 5.91 Å². The average Bonchev–Trinajstić information content (AvgIpc) is 2.79. The van der Waals surface area contributed by atoms with E-state index >= 15 is 0 Å². The molecule has 0 bridgehead atoms. The van der Waals surface area contributed by atoms with E-state index in [1.165, 1.54) is 6.08 Å². The van der Waals surface area contributed by atoms with E-state index in [4.69, 9.17) is 11.6 Å². The normalized spacial score (nSPS) is 12.8. The summed E-state index contributed by atoms with van der Waals surface area (Å²) in [5.74, 6) is 0.265. The van der Waals surface area contributed by atoms with Crippen molar-refractivity contribution in [2.45, 2.75) is 40.3 Å². The van der Waals surface area contributed by atoms with Crippen molar-refractivity contribution in [1.82, 2.24) is 20.1 Å². The van der Waals surface area contributed by atoms with E-state index < -0.39 is 0 Å². The number of nitrogens with zero attached hydrogens (tertiary/aromatic N) is 3. The Morgan fingerprint density at radius 3 is 2.79 bits per heavy atom. The fourth-order valence-electron chi connectivity index (χ4n) is 2.36. The van der Waals surface area contributed by atoms with Gasteiger partial charge >= 0.3 is 0 Å². The summed E-state index contributed by atoms with van der Waals surface area (Å²) in [7, 11) is 0. The van der Waals surface area contributed by atoms with E-state index in [1.54, 1.807) is 23.2 Å². The molecule has 0 aliphatic rings. The minimum absolute atomic E-state index is 0.115. The lowest BCUT2D eigenvalue weighted by Crippen LogP contribution is -2.24. The number of carbonyl (C=O) groups is 1.